The van der Waals surface area contributed by atoms with Gasteiger partial charge < -0.3 is 10.4 Å². The molecule has 2 amide bonds. The number of nitrogens with zero attached hydrogens (tertiary/aromatic N) is 2. The van der Waals surface area contributed by atoms with Gasteiger partial charge in [-0.25, -0.2) is 10.8 Å². The van der Waals surface area contributed by atoms with E-state index in [0.717, 1.165) is 46.1 Å². The summed E-state index contributed by atoms with van der Waals surface area (Å²) in [5.74, 6) is 4.72. The topological polar surface area (TPSA) is 121 Å². The smallest absolute Gasteiger partial charge is 0.252 e. The number of aliphatic hydroxyl groups excluding tert-OH is 1. The van der Waals surface area contributed by atoms with Gasteiger partial charge in [0.15, 0.2) is 0 Å². The van der Waals surface area contributed by atoms with Crippen molar-refractivity contribution in [3.8, 4) is 10.4 Å². The molecular formula is C26H31N5O3S. The van der Waals surface area contributed by atoms with Gasteiger partial charge in [-0.2, -0.15) is 0 Å². The summed E-state index contributed by atoms with van der Waals surface area (Å²) >= 11 is 1.65. The van der Waals surface area contributed by atoms with Crippen molar-refractivity contribution in [2.75, 3.05) is 13.1 Å². The Hall–Kier alpha value is -3.11. The Morgan fingerprint density at radius 1 is 1.26 bits per heavy atom. The number of rotatable bonds is 9. The third-order valence-corrected chi connectivity index (χ3v) is 7.25. The molecule has 0 radical (unpaired) electrons. The van der Waals surface area contributed by atoms with E-state index in [1.807, 2.05) is 49.5 Å². The van der Waals surface area contributed by atoms with Crippen LogP contribution in [0.4, 0.5) is 0 Å². The fourth-order valence-electron chi connectivity index (χ4n) is 4.26. The van der Waals surface area contributed by atoms with Crippen molar-refractivity contribution in [3.63, 3.8) is 0 Å². The number of β-amino-alcohol motifs (C(OH)–C–C–N with tert-alkyl or cyclic N) is 1. The van der Waals surface area contributed by atoms with Crippen molar-refractivity contribution in [1.82, 2.24) is 20.6 Å². The average molecular weight is 494 g/mol. The van der Waals surface area contributed by atoms with Crippen LogP contribution in [0.3, 0.4) is 0 Å². The van der Waals surface area contributed by atoms with Crippen LogP contribution in [0.5, 0.6) is 0 Å². The van der Waals surface area contributed by atoms with Gasteiger partial charge in [-0.3, -0.25) is 19.9 Å². The van der Waals surface area contributed by atoms with Gasteiger partial charge in [0.05, 0.1) is 23.6 Å². The maximum absolute atomic E-state index is 13.0. The molecule has 1 aliphatic rings. The Labute approximate surface area is 209 Å². The number of likely N-dealkylation sites (tertiary alicyclic amines) is 1. The van der Waals surface area contributed by atoms with Crippen molar-refractivity contribution in [2.24, 2.45) is 5.84 Å². The lowest BCUT2D eigenvalue weighted by Gasteiger charge is -2.17. The summed E-state index contributed by atoms with van der Waals surface area (Å²) < 4.78 is 0. The van der Waals surface area contributed by atoms with E-state index >= 15 is 0 Å². The number of nitrogens with one attached hydrogen (secondary N) is 2. The zero-order valence-corrected chi connectivity index (χ0v) is 20.6. The summed E-state index contributed by atoms with van der Waals surface area (Å²) in [4.78, 5) is 32.4. The minimum absolute atomic E-state index is 0.181. The zero-order chi connectivity index (χ0) is 24.8. The molecule has 0 aliphatic carbocycles. The molecule has 2 heterocycles. The van der Waals surface area contributed by atoms with Gasteiger partial charge in [0, 0.05) is 31.3 Å². The van der Waals surface area contributed by atoms with Crippen molar-refractivity contribution in [2.45, 2.75) is 44.9 Å². The van der Waals surface area contributed by atoms with Crippen LogP contribution in [0.1, 0.15) is 52.3 Å². The predicted molar refractivity (Wildman–Crippen MR) is 136 cm³/mol. The van der Waals surface area contributed by atoms with E-state index in [4.69, 9.17) is 5.84 Å². The number of nitrogens with two attached hydrogens (primary N) is 1. The normalized spacial score (nSPS) is 16.7. The number of carbonyl (C=O) groups is 2. The van der Waals surface area contributed by atoms with E-state index in [0.29, 0.717) is 18.5 Å². The first-order valence-corrected chi connectivity index (χ1v) is 12.6. The third-order valence-electron chi connectivity index (χ3n) is 6.22. The largest absolute Gasteiger partial charge is 0.392 e. The van der Waals surface area contributed by atoms with Crippen molar-refractivity contribution in [3.05, 3.63) is 76.4 Å². The lowest BCUT2D eigenvalue weighted by atomic mass is 10.0. The summed E-state index contributed by atoms with van der Waals surface area (Å²) in [5, 5.41) is 13.9. The molecule has 0 unspecified atom stereocenters. The fourth-order valence-corrected chi connectivity index (χ4v) is 5.22. The van der Waals surface area contributed by atoms with E-state index in [1.165, 1.54) is 0 Å². The summed E-state index contributed by atoms with van der Waals surface area (Å²) in [6.45, 7) is 4.30. The number of hydrazine groups is 1. The van der Waals surface area contributed by atoms with Gasteiger partial charge in [0.2, 0.25) is 5.91 Å². The zero-order valence-electron chi connectivity index (χ0n) is 19.7. The SMILES string of the molecule is C[C@@H](NC(=O)c1ccccc1CCC(=O)NN)c1cccc(-c2cnc(CN3CC[C@H](O)C3)s2)c1. The highest BCUT2D eigenvalue weighted by Gasteiger charge is 2.21. The molecule has 184 valence electrons. The lowest BCUT2D eigenvalue weighted by molar-refractivity contribution is -0.121. The number of aryl methyl sites for hydroxylation is 1. The van der Waals surface area contributed by atoms with Crippen LogP contribution in [0.2, 0.25) is 0 Å². The van der Waals surface area contributed by atoms with Gasteiger partial charge >= 0.3 is 0 Å². The van der Waals surface area contributed by atoms with Gasteiger partial charge in [-0.05, 0) is 48.6 Å². The molecule has 0 spiro atoms. The van der Waals surface area contributed by atoms with Crippen molar-refractivity contribution in [1.29, 1.82) is 0 Å². The molecule has 0 saturated carbocycles. The second-order valence-electron chi connectivity index (χ2n) is 8.84. The van der Waals surface area contributed by atoms with Crippen LogP contribution < -0.4 is 16.6 Å². The first-order valence-electron chi connectivity index (χ1n) is 11.8. The van der Waals surface area contributed by atoms with Crippen LogP contribution in [-0.2, 0) is 17.8 Å². The third kappa shape index (κ3) is 6.52. The van der Waals surface area contributed by atoms with Crippen LogP contribution in [-0.4, -0.2) is 46.0 Å². The number of hydrogen-bond acceptors (Lipinski definition) is 7. The Morgan fingerprint density at radius 2 is 2.09 bits per heavy atom. The van der Waals surface area contributed by atoms with E-state index in [2.05, 4.69) is 26.7 Å². The first kappa shape index (κ1) is 25.0. The molecule has 5 N–H and O–H groups in total. The molecule has 0 bridgehead atoms. The Kier molecular flexibility index (Phi) is 8.25. The number of aliphatic hydroxyl groups is 1. The highest BCUT2D eigenvalue weighted by Crippen LogP contribution is 2.29. The van der Waals surface area contributed by atoms with Crippen LogP contribution in [0.25, 0.3) is 10.4 Å². The van der Waals surface area contributed by atoms with Crippen LogP contribution in [0.15, 0.2) is 54.7 Å². The maximum Gasteiger partial charge on any atom is 0.252 e. The standard InChI is InChI=1S/C26H31N5O3S/c1-17(29-26(34)22-8-3-2-5-18(22)9-10-24(33)30-27)19-6-4-7-20(13-19)23-14-28-25(35-23)16-31-12-11-21(32)15-31/h2-8,13-14,17,21,32H,9-12,15-16,27H2,1H3,(H,29,34)(H,30,33)/t17-,21+/m1/s1. The highest BCUT2D eigenvalue weighted by molar-refractivity contribution is 7.15. The summed E-state index contributed by atoms with van der Waals surface area (Å²) in [6.07, 6.45) is 3.12. The molecule has 8 nitrogen and oxygen atoms in total. The Balaban J connectivity index is 1.42. The summed E-state index contributed by atoms with van der Waals surface area (Å²) in [7, 11) is 0. The second kappa shape index (κ2) is 11.5. The van der Waals surface area contributed by atoms with Gasteiger partial charge in [-0.1, -0.05) is 36.4 Å². The summed E-state index contributed by atoms with van der Waals surface area (Å²) in [6, 6.07) is 15.2. The quantitative estimate of drug-likeness (QED) is 0.207. The molecule has 35 heavy (non-hydrogen) atoms. The fraction of sp³-hybridized carbons (Fsp3) is 0.346. The maximum atomic E-state index is 13.0. The predicted octanol–water partition coefficient (Wildman–Crippen LogP) is 2.79. The van der Waals surface area contributed by atoms with Gasteiger partial charge in [0.25, 0.3) is 5.91 Å². The minimum Gasteiger partial charge on any atom is -0.392 e. The number of benzene rings is 2. The second-order valence-corrected chi connectivity index (χ2v) is 9.96. The Bertz CT molecular complexity index is 1180. The van der Waals surface area contributed by atoms with E-state index in [9.17, 15) is 14.7 Å². The van der Waals surface area contributed by atoms with Crippen LogP contribution in [0, 0.1) is 0 Å². The molecule has 9 heteroatoms. The molecule has 2 aromatic carbocycles. The number of carbonyl (C=O) groups excluding carboxylic acids is 2. The number of amides is 2. The Morgan fingerprint density at radius 3 is 2.86 bits per heavy atom. The number of aromatic nitrogens is 1. The van der Waals surface area contributed by atoms with E-state index in [1.54, 1.807) is 17.4 Å². The lowest BCUT2D eigenvalue weighted by Crippen LogP contribution is -2.30. The molecule has 1 saturated heterocycles. The molecule has 4 rings (SSSR count). The molecular weight excluding hydrogens is 462 g/mol. The van der Waals surface area contributed by atoms with Crippen molar-refractivity contribution >= 4 is 23.2 Å². The van der Waals surface area contributed by atoms with Crippen LogP contribution >= 0.6 is 11.3 Å². The first-order chi connectivity index (χ1) is 16.9. The molecule has 2 atom stereocenters. The minimum atomic E-state index is -0.269. The van der Waals surface area contributed by atoms with E-state index < -0.39 is 0 Å². The van der Waals surface area contributed by atoms with E-state index in [-0.39, 0.29) is 30.4 Å². The highest BCUT2D eigenvalue weighted by atomic mass is 32.1. The molecule has 1 fully saturated rings. The van der Waals surface area contributed by atoms with Gasteiger partial charge in [-0.15, -0.1) is 11.3 Å². The molecule has 1 aliphatic heterocycles. The average Bonchev–Trinajstić information content (AvgIpc) is 3.51. The van der Waals surface area contributed by atoms with Gasteiger partial charge in [0.1, 0.15) is 5.01 Å². The number of hydrogen-bond donors (Lipinski definition) is 4. The monoisotopic (exact) mass is 493 g/mol. The number of thiazole rings is 1. The molecule has 1 aromatic heterocycles. The van der Waals surface area contributed by atoms with Crippen molar-refractivity contribution < 1.29 is 14.7 Å². The summed E-state index contributed by atoms with van der Waals surface area (Å²) in [5.41, 5.74) is 5.53. The molecule has 3 aromatic rings.